The Hall–Kier alpha value is -2.70. The van der Waals surface area contributed by atoms with Crippen molar-refractivity contribution in [2.75, 3.05) is 33.3 Å². The monoisotopic (exact) mass is 480 g/mol. The van der Waals surface area contributed by atoms with Gasteiger partial charge in [-0.05, 0) is 76.2 Å². The smallest absolute Gasteiger partial charge is 0.253 e. The average Bonchev–Trinajstić information content (AvgIpc) is 3.48. The molecule has 1 saturated heterocycles. The van der Waals surface area contributed by atoms with Crippen LogP contribution in [0.2, 0.25) is 0 Å². The lowest BCUT2D eigenvalue weighted by Gasteiger charge is -2.30. The summed E-state index contributed by atoms with van der Waals surface area (Å²) >= 11 is 1.72. The lowest BCUT2D eigenvalue weighted by molar-refractivity contribution is 0.0703. The van der Waals surface area contributed by atoms with E-state index in [9.17, 15) is 9.18 Å². The van der Waals surface area contributed by atoms with Crippen molar-refractivity contribution in [3.8, 4) is 5.75 Å². The Morgan fingerprint density at radius 1 is 1.18 bits per heavy atom. The maximum absolute atomic E-state index is 13.4. The van der Waals surface area contributed by atoms with E-state index < -0.39 is 0 Å². The fraction of sp³-hybridized carbons (Fsp3) is 0.393. The molecule has 2 heterocycles. The number of thiophene rings is 1. The summed E-state index contributed by atoms with van der Waals surface area (Å²) in [5.74, 6) is 1.41. The Kier molecular flexibility index (Phi) is 8.01. The molecule has 1 aliphatic heterocycles. The van der Waals surface area contributed by atoms with Gasteiger partial charge in [-0.25, -0.2) is 4.39 Å². The number of amides is 1. The zero-order valence-electron chi connectivity index (χ0n) is 20.1. The Morgan fingerprint density at radius 2 is 1.97 bits per heavy atom. The molecule has 1 aromatic heterocycles. The Morgan fingerprint density at radius 3 is 2.65 bits per heavy atom. The van der Waals surface area contributed by atoms with Crippen molar-refractivity contribution in [3.63, 3.8) is 0 Å². The molecule has 0 radical (unpaired) electrons. The van der Waals surface area contributed by atoms with Gasteiger partial charge >= 0.3 is 0 Å². The summed E-state index contributed by atoms with van der Waals surface area (Å²) in [6.07, 6.45) is 0. The predicted octanol–water partition coefficient (Wildman–Crippen LogP) is 5.91. The fourth-order valence-electron chi connectivity index (χ4n) is 4.90. The van der Waals surface area contributed by atoms with Crippen LogP contribution in [0.1, 0.15) is 41.3 Å². The summed E-state index contributed by atoms with van der Waals surface area (Å²) in [7, 11) is 1.69. The number of benzene rings is 2. The molecule has 1 fully saturated rings. The van der Waals surface area contributed by atoms with Crippen LogP contribution in [0.4, 0.5) is 4.39 Å². The van der Waals surface area contributed by atoms with Crippen molar-refractivity contribution in [2.24, 2.45) is 11.8 Å². The highest BCUT2D eigenvalue weighted by Gasteiger charge is 2.36. The normalized spacial score (nSPS) is 18.4. The molecule has 2 atom stereocenters. The molecule has 1 aliphatic rings. The molecule has 0 aliphatic carbocycles. The van der Waals surface area contributed by atoms with Gasteiger partial charge < -0.3 is 9.64 Å². The van der Waals surface area contributed by atoms with Crippen molar-refractivity contribution in [1.82, 2.24) is 9.80 Å². The first-order valence-electron chi connectivity index (χ1n) is 11.8. The van der Waals surface area contributed by atoms with Crippen LogP contribution in [0.25, 0.3) is 0 Å². The Labute approximate surface area is 206 Å². The van der Waals surface area contributed by atoms with Gasteiger partial charge in [-0.15, -0.1) is 0 Å². The standard InChI is InChI=1S/C28H33FN2O2S/c1-20(2)14-31(28(32)22-7-9-25(29)10-8-22)17-24-16-30(15-21-11-12-34-19-21)18-27(24)23-5-4-6-26(13-23)33-3/h4-13,19-20,24,27H,14-18H2,1-3H3/t24-,27+/m1/s1. The number of rotatable bonds is 9. The van der Waals surface area contributed by atoms with E-state index in [1.165, 1.54) is 23.3 Å². The van der Waals surface area contributed by atoms with Crippen molar-refractivity contribution in [2.45, 2.75) is 26.3 Å². The highest BCUT2D eigenvalue weighted by molar-refractivity contribution is 7.07. The van der Waals surface area contributed by atoms with E-state index in [1.54, 1.807) is 30.6 Å². The van der Waals surface area contributed by atoms with Crippen molar-refractivity contribution >= 4 is 17.2 Å². The summed E-state index contributed by atoms with van der Waals surface area (Å²) in [5.41, 5.74) is 3.11. The Balaban J connectivity index is 1.59. The SMILES string of the molecule is COc1cccc([C@@H]2CN(Cc3ccsc3)C[C@@H]2CN(CC(C)C)C(=O)c2ccc(F)cc2)c1. The van der Waals surface area contributed by atoms with Gasteiger partial charge in [-0.2, -0.15) is 11.3 Å². The second-order valence-electron chi connectivity index (χ2n) is 9.58. The number of carbonyl (C=O) groups excluding carboxylic acids is 1. The largest absolute Gasteiger partial charge is 0.497 e. The van der Waals surface area contributed by atoms with E-state index in [4.69, 9.17) is 4.74 Å². The van der Waals surface area contributed by atoms with Gasteiger partial charge in [0.15, 0.2) is 0 Å². The molecule has 0 spiro atoms. The summed E-state index contributed by atoms with van der Waals surface area (Å²) < 4.78 is 18.9. The van der Waals surface area contributed by atoms with Gasteiger partial charge in [-0.1, -0.05) is 26.0 Å². The summed E-state index contributed by atoms with van der Waals surface area (Å²) in [6, 6.07) is 16.4. The first kappa shape index (κ1) is 24.4. The second kappa shape index (κ2) is 11.2. The van der Waals surface area contributed by atoms with Crippen LogP contribution in [0.3, 0.4) is 0 Å². The van der Waals surface area contributed by atoms with Crippen LogP contribution in [0, 0.1) is 17.7 Å². The van der Waals surface area contributed by atoms with Gasteiger partial charge in [0.05, 0.1) is 7.11 Å². The molecular formula is C28H33FN2O2S. The molecule has 6 heteroatoms. The third-order valence-electron chi connectivity index (χ3n) is 6.44. The zero-order chi connectivity index (χ0) is 24.1. The number of hydrogen-bond donors (Lipinski definition) is 0. The molecule has 180 valence electrons. The van der Waals surface area contributed by atoms with E-state index in [0.29, 0.717) is 30.5 Å². The number of ether oxygens (including phenoxy) is 1. The summed E-state index contributed by atoms with van der Waals surface area (Å²) in [6.45, 7) is 8.36. The molecule has 0 N–H and O–H groups in total. The number of hydrogen-bond acceptors (Lipinski definition) is 4. The molecule has 2 aromatic carbocycles. The topological polar surface area (TPSA) is 32.8 Å². The third-order valence-corrected chi connectivity index (χ3v) is 7.18. The van der Waals surface area contributed by atoms with Crippen molar-refractivity contribution < 1.29 is 13.9 Å². The number of halogens is 1. The highest BCUT2D eigenvalue weighted by Crippen LogP contribution is 2.36. The number of methoxy groups -OCH3 is 1. The highest BCUT2D eigenvalue weighted by atomic mass is 32.1. The molecule has 3 aromatic rings. The van der Waals surface area contributed by atoms with Crippen LogP contribution in [0.15, 0.2) is 65.4 Å². The van der Waals surface area contributed by atoms with Crippen LogP contribution < -0.4 is 4.74 Å². The minimum atomic E-state index is -0.329. The number of likely N-dealkylation sites (tertiary alicyclic amines) is 1. The first-order valence-corrected chi connectivity index (χ1v) is 12.8. The quantitative estimate of drug-likeness (QED) is 0.382. The van der Waals surface area contributed by atoms with Crippen LogP contribution >= 0.6 is 11.3 Å². The molecule has 4 rings (SSSR count). The minimum Gasteiger partial charge on any atom is -0.497 e. The second-order valence-corrected chi connectivity index (χ2v) is 10.4. The molecule has 0 bridgehead atoms. The van der Waals surface area contributed by atoms with Crippen LogP contribution in [0.5, 0.6) is 5.75 Å². The van der Waals surface area contributed by atoms with Crippen LogP contribution in [-0.2, 0) is 6.54 Å². The molecule has 1 amide bonds. The maximum Gasteiger partial charge on any atom is 0.253 e. The van der Waals surface area contributed by atoms with Gasteiger partial charge in [0.2, 0.25) is 0 Å². The molecule has 0 unspecified atom stereocenters. The van der Waals surface area contributed by atoms with E-state index in [-0.39, 0.29) is 17.6 Å². The van der Waals surface area contributed by atoms with Gasteiger partial charge in [0, 0.05) is 44.2 Å². The fourth-order valence-corrected chi connectivity index (χ4v) is 5.56. The van der Waals surface area contributed by atoms with E-state index in [1.807, 2.05) is 17.0 Å². The summed E-state index contributed by atoms with van der Waals surface area (Å²) in [5, 5.41) is 4.32. The molecule has 4 nitrogen and oxygen atoms in total. The van der Waals surface area contributed by atoms with E-state index in [2.05, 4.69) is 47.7 Å². The lowest BCUT2D eigenvalue weighted by atomic mass is 9.88. The predicted molar refractivity (Wildman–Crippen MR) is 136 cm³/mol. The molecular weight excluding hydrogens is 447 g/mol. The average molecular weight is 481 g/mol. The number of nitrogens with zero attached hydrogens (tertiary/aromatic N) is 2. The minimum absolute atomic E-state index is 0.0330. The van der Waals surface area contributed by atoms with Crippen LogP contribution in [-0.4, -0.2) is 49.0 Å². The van der Waals surface area contributed by atoms with Gasteiger partial charge in [0.25, 0.3) is 5.91 Å². The number of carbonyl (C=O) groups is 1. The third kappa shape index (κ3) is 6.05. The summed E-state index contributed by atoms with van der Waals surface area (Å²) in [4.78, 5) is 17.9. The van der Waals surface area contributed by atoms with Crippen molar-refractivity contribution in [3.05, 3.63) is 87.9 Å². The van der Waals surface area contributed by atoms with Gasteiger partial charge in [-0.3, -0.25) is 9.69 Å². The first-order chi connectivity index (χ1) is 16.4. The lowest BCUT2D eigenvalue weighted by Crippen LogP contribution is -2.39. The molecule has 34 heavy (non-hydrogen) atoms. The van der Waals surface area contributed by atoms with Crippen molar-refractivity contribution in [1.29, 1.82) is 0 Å². The molecule has 0 saturated carbocycles. The van der Waals surface area contributed by atoms with E-state index in [0.717, 1.165) is 25.4 Å². The Bertz CT molecular complexity index is 1070. The van der Waals surface area contributed by atoms with E-state index >= 15 is 0 Å². The maximum atomic E-state index is 13.4. The zero-order valence-corrected chi connectivity index (χ0v) is 20.9. The van der Waals surface area contributed by atoms with Gasteiger partial charge in [0.1, 0.15) is 11.6 Å².